The number of hydrogen-bond donors (Lipinski definition) is 1. The summed E-state index contributed by atoms with van der Waals surface area (Å²) >= 11 is 5.63. The van der Waals surface area contributed by atoms with Gasteiger partial charge in [-0.25, -0.2) is 0 Å². The van der Waals surface area contributed by atoms with Crippen molar-refractivity contribution in [3.05, 3.63) is 38.9 Å². The number of halogens is 1. The summed E-state index contributed by atoms with van der Waals surface area (Å²) in [5, 5.41) is 20.1. The van der Waals surface area contributed by atoms with E-state index in [2.05, 4.69) is 0 Å². The fourth-order valence-electron chi connectivity index (χ4n) is 1.20. The predicted molar refractivity (Wildman–Crippen MR) is 53.5 cm³/mol. The SMILES string of the molecule is CC(O)Cc1ccc(Cl)cc1[N+](=O)[O-]. The van der Waals surface area contributed by atoms with Crippen molar-refractivity contribution in [2.75, 3.05) is 0 Å². The number of nitro benzene ring substituents is 1. The van der Waals surface area contributed by atoms with Gasteiger partial charge in [-0.2, -0.15) is 0 Å². The standard InChI is InChI=1S/C9H10ClNO3/c1-6(12)4-7-2-3-8(10)5-9(7)11(13)14/h2-3,5-6,12H,4H2,1H3. The van der Waals surface area contributed by atoms with E-state index in [4.69, 9.17) is 16.7 Å². The highest BCUT2D eigenvalue weighted by Gasteiger charge is 2.15. The first-order valence-corrected chi connectivity index (χ1v) is 4.49. The second-order valence-electron chi connectivity index (χ2n) is 3.08. The largest absolute Gasteiger partial charge is 0.393 e. The van der Waals surface area contributed by atoms with E-state index in [1.54, 1.807) is 19.1 Å². The Hall–Kier alpha value is -1.13. The first-order valence-electron chi connectivity index (χ1n) is 4.11. The Labute approximate surface area is 86.3 Å². The Morgan fingerprint density at radius 1 is 1.64 bits per heavy atom. The molecular formula is C9H10ClNO3. The van der Waals surface area contributed by atoms with Crippen LogP contribution < -0.4 is 0 Å². The van der Waals surface area contributed by atoms with Gasteiger partial charge in [0.25, 0.3) is 5.69 Å². The summed E-state index contributed by atoms with van der Waals surface area (Å²) < 4.78 is 0. The lowest BCUT2D eigenvalue weighted by atomic mass is 10.1. The van der Waals surface area contributed by atoms with Crippen LogP contribution in [0.1, 0.15) is 12.5 Å². The summed E-state index contributed by atoms with van der Waals surface area (Å²) in [7, 11) is 0. The molecule has 14 heavy (non-hydrogen) atoms. The highest BCUT2D eigenvalue weighted by Crippen LogP contribution is 2.24. The van der Waals surface area contributed by atoms with Crippen molar-refractivity contribution in [2.24, 2.45) is 0 Å². The molecule has 1 atom stereocenters. The normalized spacial score (nSPS) is 12.5. The van der Waals surface area contributed by atoms with Gasteiger partial charge in [0.15, 0.2) is 0 Å². The Balaban J connectivity index is 3.08. The molecule has 0 heterocycles. The predicted octanol–water partition coefficient (Wildman–Crippen LogP) is 2.17. The number of nitrogens with zero attached hydrogens (tertiary/aromatic N) is 1. The first-order chi connectivity index (χ1) is 6.50. The maximum atomic E-state index is 10.6. The fourth-order valence-corrected chi connectivity index (χ4v) is 1.36. The van der Waals surface area contributed by atoms with Crippen molar-refractivity contribution in [3.63, 3.8) is 0 Å². The van der Waals surface area contributed by atoms with E-state index in [9.17, 15) is 10.1 Å². The Bertz CT molecular complexity index is 352. The van der Waals surface area contributed by atoms with Crippen LogP contribution in [0.25, 0.3) is 0 Å². The molecule has 5 heteroatoms. The zero-order valence-electron chi connectivity index (χ0n) is 7.61. The van der Waals surface area contributed by atoms with Gasteiger partial charge in [-0.3, -0.25) is 10.1 Å². The summed E-state index contributed by atoms with van der Waals surface area (Å²) in [6, 6.07) is 4.43. The molecule has 1 aromatic carbocycles. The van der Waals surface area contributed by atoms with Crippen molar-refractivity contribution >= 4 is 17.3 Å². The Morgan fingerprint density at radius 2 is 2.29 bits per heavy atom. The summed E-state index contributed by atoms with van der Waals surface area (Å²) in [5.41, 5.74) is 0.452. The smallest absolute Gasteiger partial charge is 0.274 e. The van der Waals surface area contributed by atoms with E-state index in [1.807, 2.05) is 0 Å². The fraction of sp³-hybridized carbons (Fsp3) is 0.333. The minimum absolute atomic E-state index is 0.0431. The molecule has 0 spiro atoms. The van der Waals surface area contributed by atoms with Gasteiger partial charge in [0.1, 0.15) is 0 Å². The maximum absolute atomic E-state index is 10.6. The number of nitro groups is 1. The van der Waals surface area contributed by atoms with Crippen LogP contribution >= 0.6 is 11.6 Å². The molecule has 0 radical (unpaired) electrons. The van der Waals surface area contributed by atoms with E-state index < -0.39 is 11.0 Å². The van der Waals surface area contributed by atoms with Crippen LogP contribution in [0.3, 0.4) is 0 Å². The molecule has 1 unspecified atom stereocenters. The molecule has 0 aliphatic carbocycles. The molecule has 0 aliphatic heterocycles. The third-order valence-corrected chi connectivity index (χ3v) is 1.99. The van der Waals surface area contributed by atoms with Crippen LogP contribution in [0, 0.1) is 10.1 Å². The van der Waals surface area contributed by atoms with Crippen LogP contribution in [0.2, 0.25) is 5.02 Å². The lowest BCUT2D eigenvalue weighted by Gasteiger charge is -2.05. The Morgan fingerprint density at radius 3 is 2.79 bits per heavy atom. The van der Waals surface area contributed by atoms with E-state index in [0.717, 1.165) is 0 Å². The third kappa shape index (κ3) is 2.68. The van der Waals surface area contributed by atoms with Crippen LogP contribution in [-0.4, -0.2) is 16.1 Å². The number of benzene rings is 1. The van der Waals surface area contributed by atoms with Gasteiger partial charge in [-0.05, 0) is 13.0 Å². The Kier molecular flexibility index (Phi) is 3.43. The average Bonchev–Trinajstić information content (AvgIpc) is 2.07. The lowest BCUT2D eigenvalue weighted by molar-refractivity contribution is -0.385. The van der Waals surface area contributed by atoms with Gasteiger partial charge in [0.2, 0.25) is 0 Å². The van der Waals surface area contributed by atoms with Crippen molar-refractivity contribution in [1.29, 1.82) is 0 Å². The molecule has 0 aliphatic rings. The molecule has 1 N–H and O–H groups in total. The summed E-state index contributed by atoms with van der Waals surface area (Å²) in [6.45, 7) is 1.58. The van der Waals surface area contributed by atoms with E-state index in [1.165, 1.54) is 6.07 Å². The molecule has 4 nitrogen and oxygen atoms in total. The van der Waals surface area contributed by atoms with E-state index >= 15 is 0 Å². The van der Waals surface area contributed by atoms with Gasteiger partial charge < -0.3 is 5.11 Å². The van der Waals surface area contributed by atoms with Crippen LogP contribution in [0.4, 0.5) is 5.69 Å². The second kappa shape index (κ2) is 4.39. The van der Waals surface area contributed by atoms with Crippen molar-refractivity contribution < 1.29 is 10.0 Å². The minimum Gasteiger partial charge on any atom is -0.393 e. The molecule has 0 saturated heterocycles. The summed E-state index contributed by atoms with van der Waals surface area (Å²) in [6.07, 6.45) is -0.345. The monoisotopic (exact) mass is 215 g/mol. The molecule has 0 fully saturated rings. The number of aliphatic hydroxyl groups is 1. The van der Waals surface area contributed by atoms with Gasteiger partial charge in [0, 0.05) is 23.1 Å². The third-order valence-electron chi connectivity index (χ3n) is 1.76. The first kappa shape index (κ1) is 10.9. The highest BCUT2D eigenvalue weighted by atomic mass is 35.5. The molecule has 1 rings (SSSR count). The lowest BCUT2D eigenvalue weighted by Crippen LogP contribution is -2.06. The molecular weight excluding hydrogens is 206 g/mol. The van der Waals surface area contributed by atoms with E-state index in [0.29, 0.717) is 10.6 Å². The highest BCUT2D eigenvalue weighted by molar-refractivity contribution is 6.30. The van der Waals surface area contributed by atoms with Crippen molar-refractivity contribution in [1.82, 2.24) is 0 Å². The van der Waals surface area contributed by atoms with Gasteiger partial charge >= 0.3 is 0 Å². The van der Waals surface area contributed by atoms with Crippen molar-refractivity contribution in [2.45, 2.75) is 19.4 Å². The molecule has 76 valence electrons. The quantitative estimate of drug-likeness (QED) is 0.621. The zero-order valence-corrected chi connectivity index (χ0v) is 8.36. The maximum Gasteiger partial charge on any atom is 0.274 e. The summed E-state index contributed by atoms with van der Waals surface area (Å²) in [4.78, 5) is 10.1. The zero-order chi connectivity index (χ0) is 10.7. The van der Waals surface area contributed by atoms with Crippen LogP contribution in [-0.2, 0) is 6.42 Å². The topological polar surface area (TPSA) is 63.4 Å². The number of aliphatic hydroxyl groups excluding tert-OH is 1. The number of hydrogen-bond acceptors (Lipinski definition) is 3. The average molecular weight is 216 g/mol. The van der Waals surface area contributed by atoms with E-state index in [-0.39, 0.29) is 12.1 Å². The molecule has 0 bridgehead atoms. The molecule has 0 saturated carbocycles. The van der Waals surface area contributed by atoms with Crippen LogP contribution in [0.5, 0.6) is 0 Å². The molecule has 0 aromatic heterocycles. The van der Waals surface area contributed by atoms with Gasteiger partial charge in [-0.15, -0.1) is 0 Å². The minimum atomic E-state index is -0.602. The molecule has 1 aromatic rings. The van der Waals surface area contributed by atoms with Gasteiger partial charge in [0.05, 0.1) is 11.0 Å². The second-order valence-corrected chi connectivity index (χ2v) is 3.52. The van der Waals surface area contributed by atoms with Crippen molar-refractivity contribution in [3.8, 4) is 0 Å². The summed E-state index contributed by atoms with van der Waals surface area (Å²) in [5.74, 6) is 0. The van der Waals surface area contributed by atoms with Crippen LogP contribution in [0.15, 0.2) is 18.2 Å². The molecule has 0 amide bonds. The van der Waals surface area contributed by atoms with Gasteiger partial charge in [-0.1, -0.05) is 17.7 Å². The number of rotatable bonds is 3.